The smallest absolute Gasteiger partial charge is 0.303 e. The molecule has 386 valence electrons. The zero-order chi connectivity index (χ0) is 49.0. The quantitative estimate of drug-likeness (QED) is 0.0696. The number of fused-ring (bicyclic) bond motifs is 10. The summed E-state index contributed by atoms with van der Waals surface area (Å²) in [5, 5.41) is 42.4. The van der Waals surface area contributed by atoms with Crippen LogP contribution in [-0.2, 0) is 29.3 Å². The third-order valence-corrected chi connectivity index (χ3v) is 23.0. The number of aliphatic carboxylic acids is 1. The summed E-state index contributed by atoms with van der Waals surface area (Å²) in [5.41, 5.74) is 0.552. The zero-order valence-corrected chi connectivity index (χ0v) is 43.0. The van der Waals surface area contributed by atoms with Gasteiger partial charge in [0.05, 0.1) is 18.0 Å². The zero-order valence-electron chi connectivity index (χ0n) is 42.2. The lowest BCUT2D eigenvalue weighted by molar-refractivity contribution is -0.167. The van der Waals surface area contributed by atoms with Crippen LogP contribution in [0.15, 0.2) is 0 Å². The second-order valence-electron chi connectivity index (χ2n) is 25.5. The van der Waals surface area contributed by atoms with Crippen LogP contribution in [0.3, 0.4) is 0 Å². The molecule has 68 heavy (non-hydrogen) atoms. The fourth-order valence-corrected chi connectivity index (χ4v) is 19.1. The minimum absolute atomic E-state index is 0.00714. The van der Waals surface area contributed by atoms with Gasteiger partial charge in [0.2, 0.25) is 17.7 Å². The number of hydrogen-bond donors (Lipinski definition) is 7. The van der Waals surface area contributed by atoms with Crippen LogP contribution in [0.4, 0.5) is 0 Å². The molecule has 0 aromatic heterocycles. The van der Waals surface area contributed by atoms with Crippen LogP contribution in [0.25, 0.3) is 0 Å². The maximum atomic E-state index is 13.3. The fraction of sp³-hybridized carbons (Fsp3) is 0.926. The molecule has 0 aromatic rings. The van der Waals surface area contributed by atoms with E-state index in [2.05, 4.69) is 50.6 Å². The fourth-order valence-electron chi connectivity index (χ4n) is 18.7. The minimum Gasteiger partial charge on any atom is -0.481 e. The second-order valence-corrected chi connectivity index (χ2v) is 27.1. The lowest BCUT2D eigenvalue weighted by Gasteiger charge is -2.62. The van der Waals surface area contributed by atoms with E-state index in [0.717, 1.165) is 122 Å². The molecule has 8 aliphatic rings. The summed E-state index contributed by atoms with van der Waals surface area (Å²) in [6, 6.07) is 0.171. The van der Waals surface area contributed by atoms with Gasteiger partial charge in [0.25, 0.3) is 10.1 Å². The van der Waals surface area contributed by atoms with E-state index in [-0.39, 0.29) is 82.6 Å². The number of aliphatic hydroxyl groups is 2. The van der Waals surface area contributed by atoms with Gasteiger partial charge in [-0.1, -0.05) is 34.6 Å². The molecule has 0 bridgehead atoms. The van der Waals surface area contributed by atoms with Crippen molar-refractivity contribution < 1.29 is 47.5 Å². The first-order valence-electron chi connectivity index (χ1n) is 27.4. The molecule has 4 unspecified atom stereocenters. The van der Waals surface area contributed by atoms with Crippen molar-refractivity contribution in [3.63, 3.8) is 0 Å². The van der Waals surface area contributed by atoms with Gasteiger partial charge in [0.15, 0.2) is 0 Å². The third-order valence-electron chi connectivity index (χ3n) is 22.3. The predicted molar refractivity (Wildman–Crippen MR) is 260 cm³/mol. The molecular formula is C54H89N3O10S. The van der Waals surface area contributed by atoms with Gasteiger partial charge in [-0.05, 0) is 215 Å². The van der Waals surface area contributed by atoms with Crippen LogP contribution in [-0.4, -0.2) is 88.6 Å². The van der Waals surface area contributed by atoms with Gasteiger partial charge in [-0.25, -0.2) is 0 Å². The number of carbonyl (C=O) groups excluding carboxylic acids is 3. The molecule has 19 atom stereocenters. The van der Waals surface area contributed by atoms with Crippen molar-refractivity contribution in [1.82, 2.24) is 16.0 Å². The maximum absolute atomic E-state index is 13.3. The van der Waals surface area contributed by atoms with Crippen molar-refractivity contribution in [3.05, 3.63) is 0 Å². The number of aliphatic hydroxyl groups excluding tert-OH is 2. The number of rotatable bonds is 17. The van der Waals surface area contributed by atoms with Crippen LogP contribution >= 0.6 is 0 Å². The first-order chi connectivity index (χ1) is 32.1. The molecule has 13 nitrogen and oxygen atoms in total. The van der Waals surface area contributed by atoms with E-state index in [4.69, 9.17) is 4.55 Å². The van der Waals surface area contributed by atoms with E-state index in [1.807, 2.05) is 0 Å². The highest BCUT2D eigenvalue weighted by molar-refractivity contribution is 7.85. The molecule has 8 rings (SSSR count). The van der Waals surface area contributed by atoms with Crippen LogP contribution in [0.2, 0.25) is 0 Å². The van der Waals surface area contributed by atoms with E-state index < -0.39 is 21.8 Å². The minimum atomic E-state index is -4.10. The lowest BCUT2D eigenvalue weighted by Crippen LogP contribution is -2.59. The number of carbonyl (C=O) groups is 4. The number of hydrogen-bond acceptors (Lipinski definition) is 8. The molecule has 14 heteroatoms. The summed E-state index contributed by atoms with van der Waals surface area (Å²) >= 11 is 0. The molecule has 3 amide bonds. The topological polar surface area (TPSA) is 219 Å². The molecule has 8 saturated carbocycles. The Morgan fingerprint density at radius 3 is 1.63 bits per heavy atom. The highest BCUT2D eigenvalue weighted by Gasteiger charge is 2.64. The van der Waals surface area contributed by atoms with Gasteiger partial charge in [0.1, 0.15) is 0 Å². The first-order valence-corrected chi connectivity index (χ1v) is 29.0. The van der Waals surface area contributed by atoms with Crippen LogP contribution in [0.1, 0.15) is 189 Å². The van der Waals surface area contributed by atoms with E-state index in [9.17, 15) is 42.9 Å². The number of carboxylic acid groups (broad SMARTS) is 1. The van der Waals surface area contributed by atoms with E-state index in [1.54, 1.807) is 0 Å². The Bertz CT molecular complexity index is 1970. The summed E-state index contributed by atoms with van der Waals surface area (Å²) in [7, 11) is -4.10. The van der Waals surface area contributed by atoms with Crippen LogP contribution in [0.5, 0.6) is 0 Å². The van der Waals surface area contributed by atoms with Crippen molar-refractivity contribution in [2.75, 3.05) is 12.3 Å². The Morgan fingerprint density at radius 1 is 0.603 bits per heavy atom. The molecule has 0 aromatic carbocycles. The largest absolute Gasteiger partial charge is 0.481 e. The standard InChI is InChI=1S/C54H89N3O10S/c1-32(12-17-48(63)64)38-15-16-40-50-42(21-25-54(38,40)5)53(4)23-19-37(29-35(53)31-44(50)59)57-47(62)11-7-10-46(61)56-36-18-22-52(3)34(28-36)30-43(58)49-39-14-13-33(51(39,2)24-20-41(49)52)8-6-9-45(60)55-26-27-68(65,66)67/h32-44,49-50,58-59H,6-31H2,1-5H3,(H,55,60)(H,56,61)(H,57,62)(H,63,64)(H,65,66,67)/t32-,33-,34?,35?,36+,37-,38-,39?,40+,41?,42+,43-,44+,49-,50+,51+,52-,53+,54-/m1/s1. The number of nitrogens with one attached hydrogen (secondary N) is 3. The van der Waals surface area contributed by atoms with Gasteiger partial charge in [-0.15, -0.1) is 0 Å². The van der Waals surface area contributed by atoms with Crippen molar-refractivity contribution in [1.29, 1.82) is 0 Å². The summed E-state index contributed by atoms with van der Waals surface area (Å²) < 4.78 is 30.9. The summed E-state index contributed by atoms with van der Waals surface area (Å²) in [6.07, 6.45) is 19.7. The van der Waals surface area contributed by atoms with Gasteiger partial charge in [-0.2, -0.15) is 8.42 Å². The Labute approximate surface area is 407 Å². The normalized spacial score (nSPS) is 44.4. The SMILES string of the molecule is C[C@H](CCC(=O)O)[C@H]1CC[C@H]2[C@@H]3[C@@H](O)CC4C[C@H](NC(=O)CCCC(=O)N[C@H]5CC[C@]6(C)C(C5)C[C@@H](O)[C@H]5C6CC[C@]6(C)C5CC[C@H]6CCCC(=O)NCCS(=O)(=O)O)CC[C@]4(C)[C@H]3CC[C@]12C. The van der Waals surface area contributed by atoms with Crippen LogP contribution in [0, 0.1) is 86.8 Å². The molecule has 0 aliphatic heterocycles. The summed E-state index contributed by atoms with van der Waals surface area (Å²) in [4.78, 5) is 50.4. The Balaban J connectivity index is 0.753. The summed E-state index contributed by atoms with van der Waals surface area (Å²) in [6.45, 7) is 12.0. The third kappa shape index (κ3) is 10.3. The molecule has 0 spiro atoms. The van der Waals surface area contributed by atoms with Crippen LogP contribution < -0.4 is 16.0 Å². The van der Waals surface area contributed by atoms with E-state index >= 15 is 0 Å². The highest BCUT2D eigenvalue weighted by Crippen LogP contribution is 2.70. The van der Waals surface area contributed by atoms with Gasteiger partial charge < -0.3 is 31.3 Å². The molecular weight excluding hydrogens is 883 g/mol. The van der Waals surface area contributed by atoms with E-state index in [0.29, 0.717) is 84.9 Å². The number of amides is 3. The van der Waals surface area contributed by atoms with Gasteiger partial charge >= 0.3 is 5.97 Å². The van der Waals surface area contributed by atoms with Crippen molar-refractivity contribution in [3.8, 4) is 0 Å². The van der Waals surface area contributed by atoms with E-state index in [1.165, 1.54) is 0 Å². The lowest BCUT2D eigenvalue weighted by atomic mass is 9.43. The van der Waals surface area contributed by atoms with Crippen molar-refractivity contribution in [2.45, 2.75) is 213 Å². The Kier molecular flexibility index (Phi) is 15.5. The van der Waals surface area contributed by atoms with Crippen molar-refractivity contribution >= 4 is 33.8 Å². The van der Waals surface area contributed by atoms with Gasteiger partial charge in [0, 0.05) is 44.3 Å². The second kappa shape index (κ2) is 20.3. The summed E-state index contributed by atoms with van der Waals surface area (Å²) in [5.74, 6) is 3.14. The molecule has 0 radical (unpaired) electrons. The molecule has 8 fully saturated rings. The average molecular weight is 972 g/mol. The predicted octanol–water partition coefficient (Wildman–Crippen LogP) is 8.06. The maximum Gasteiger partial charge on any atom is 0.303 e. The number of carboxylic acids is 1. The highest BCUT2D eigenvalue weighted by atomic mass is 32.2. The molecule has 0 heterocycles. The molecule has 7 N–H and O–H groups in total. The monoisotopic (exact) mass is 972 g/mol. The molecule has 0 saturated heterocycles. The molecule has 8 aliphatic carbocycles. The first kappa shape index (κ1) is 52.0. The van der Waals surface area contributed by atoms with Gasteiger partial charge in [-0.3, -0.25) is 23.7 Å². The average Bonchev–Trinajstić information content (AvgIpc) is 3.79. The Morgan fingerprint density at radius 2 is 1.09 bits per heavy atom. The van der Waals surface area contributed by atoms with Crippen molar-refractivity contribution in [2.24, 2.45) is 86.8 Å². The Hall–Kier alpha value is -2.29.